The van der Waals surface area contributed by atoms with Gasteiger partial charge in [-0.2, -0.15) is 0 Å². The van der Waals surface area contributed by atoms with Crippen molar-refractivity contribution in [1.82, 2.24) is 4.90 Å². The number of carboxylic acids is 1. The second-order valence-electron chi connectivity index (χ2n) is 7.10. The Labute approximate surface area is 149 Å². The van der Waals surface area contributed by atoms with Crippen molar-refractivity contribution in [3.05, 3.63) is 59.7 Å². The molecule has 1 fully saturated rings. The van der Waals surface area contributed by atoms with Gasteiger partial charge in [-0.05, 0) is 36.1 Å². The van der Waals surface area contributed by atoms with E-state index in [-0.39, 0.29) is 0 Å². The summed E-state index contributed by atoms with van der Waals surface area (Å²) in [4.78, 5) is 13.9. The van der Waals surface area contributed by atoms with Gasteiger partial charge in [-0.25, -0.2) is 0 Å². The van der Waals surface area contributed by atoms with Crippen LogP contribution in [0.15, 0.2) is 48.5 Å². The SMILES string of the molecule is CC(C)(C(=O)O)c1cccc(-c2ccc(CN3CCOCC3)cc2)c1. The first-order valence-electron chi connectivity index (χ1n) is 8.70. The van der Waals surface area contributed by atoms with Crippen LogP contribution in [0.5, 0.6) is 0 Å². The number of rotatable bonds is 5. The summed E-state index contributed by atoms with van der Waals surface area (Å²) < 4.78 is 5.39. The number of benzene rings is 2. The maximum atomic E-state index is 11.5. The molecule has 2 aromatic rings. The van der Waals surface area contributed by atoms with Crippen LogP contribution < -0.4 is 0 Å². The van der Waals surface area contributed by atoms with Crippen molar-refractivity contribution in [2.45, 2.75) is 25.8 Å². The van der Waals surface area contributed by atoms with Crippen molar-refractivity contribution in [2.24, 2.45) is 0 Å². The maximum absolute atomic E-state index is 11.5. The van der Waals surface area contributed by atoms with E-state index in [0.29, 0.717) is 0 Å². The van der Waals surface area contributed by atoms with Crippen LogP contribution in [0.1, 0.15) is 25.0 Å². The van der Waals surface area contributed by atoms with E-state index in [9.17, 15) is 9.90 Å². The van der Waals surface area contributed by atoms with Gasteiger partial charge in [0.2, 0.25) is 0 Å². The van der Waals surface area contributed by atoms with Crippen LogP contribution in [0.4, 0.5) is 0 Å². The second-order valence-corrected chi connectivity index (χ2v) is 7.10. The highest BCUT2D eigenvalue weighted by atomic mass is 16.5. The minimum absolute atomic E-state index is 0.810. The van der Waals surface area contributed by atoms with Crippen LogP contribution in [-0.2, 0) is 21.5 Å². The number of carboxylic acid groups (broad SMARTS) is 1. The molecule has 0 atom stereocenters. The lowest BCUT2D eigenvalue weighted by atomic mass is 9.83. The van der Waals surface area contributed by atoms with E-state index in [1.54, 1.807) is 13.8 Å². The molecule has 25 heavy (non-hydrogen) atoms. The first-order valence-corrected chi connectivity index (χ1v) is 8.70. The molecule has 0 radical (unpaired) electrons. The summed E-state index contributed by atoms with van der Waals surface area (Å²) in [5, 5.41) is 9.43. The van der Waals surface area contributed by atoms with Crippen LogP contribution >= 0.6 is 0 Å². The summed E-state index contributed by atoms with van der Waals surface area (Å²) in [6, 6.07) is 16.3. The topological polar surface area (TPSA) is 49.8 Å². The monoisotopic (exact) mass is 339 g/mol. The van der Waals surface area contributed by atoms with E-state index in [1.807, 2.05) is 24.3 Å². The molecule has 0 bridgehead atoms. The van der Waals surface area contributed by atoms with Crippen LogP contribution in [0.3, 0.4) is 0 Å². The lowest BCUT2D eigenvalue weighted by Crippen LogP contribution is -2.35. The third-order valence-corrected chi connectivity index (χ3v) is 4.92. The Bertz CT molecular complexity index is 731. The molecular weight excluding hydrogens is 314 g/mol. The minimum Gasteiger partial charge on any atom is -0.481 e. The number of ether oxygens (including phenoxy) is 1. The molecule has 0 amide bonds. The number of nitrogens with zero attached hydrogens (tertiary/aromatic N) is 1. The van der Waals surface area contributed by atoms with Gasteiger partial charge in [0.25, 0.3) is 0 Å². The number of aliphatic carboxylic acids is 1. The van der Waals surface area contributed by atoms with Crippen molar-refractivity contribution >= 4 is 5.97 Å². The summed E-state index contributed by atoms with van der Waals surface area (Å²) in [5.74, 6) is -0.814. The summed E-state index contributed by atoms with van der Waals surface area (Å²) in [5.41, 5.74) is 3.35. The predicted octanol–water partition coefficient (Wildman–Crippen LogP) is 3.55. The predicted molar refractivity (Wildman–Crippen MR) is 98.6 cm³/mol. The first-order chi connectivity index (χ1) is 12.0. The normalized spacial score (nSPS) is 15.9. The van der Waals surface area contributed by atoms with Crippen molar-refractivity contribution in [1.29, 1.82) is 0 Å². The number of morpholine rings is 1. The summed E-state index contributed by atoms with van der Waals surface area (Å²) in [6.07, 6.45) is 0. The van der Waals surface area contributed by atoms with Crippen molar-refractivity contribution in [2.75, 3.05) is 26.3 Å². The molecule has 1 saturated heterocycles. The van der Waals surface area contributed by atoms with E-state index >= 15 is 0 Å². The zero-order chi connectivity index (χ0) is 17.9. The van der Waals surface area contributed by atoms with Crippen molar-refractivity contribution < 1.29 is 14.6 Å². The van der Waals surface area contributed by atoms with Gasteiger partial charge in [-0.3, -0.25) is 9.69 Å². The summed E-state index contributed by atoms with van der Waals surface area (Å²) in [6.45, 7) is 7.99. The average Bonchev–Trinajstić information content (AvgIpc) is 2.63. The number of hydrogen-bond acceptors (Lipinski definition) is 3. The Morgan fingerprint density at radius 2 is 1.76 bits per heavy atom. The molecule has 1 N–H and O–H groups in total. The fourth-order valence-electron chi connectivity index (χ4n) is 3.03. The Hall–Kier alpha value is -2.17. The van der Waals surface area contributed by atoms with E-state index in [2.05, 4.69) is 29.2 Å². The van der Waals surface area contributed by atoms with Gasteiger partial charge in [0.05, 0.1) is 18.6 Å². The van der Waals surface area contributed by atoms with E-state index in [1.165, 1.54) is 5.56 Å². The summed E-state index contributed by atoms with van der Waals surface area (Å²) in [7, 11) is 0. The van der Waals surface area contributed by atoms with Gasteiger partial charge in [0.15, 0.2) is 0 Å². The Kier molecular flexibility index (Phi) is 5.21. The highest BCUT2D eigenvalue weighted by molar-refractivity contribution is 5.81. The largest absolute Gasteiger partial charge is 0.481 e. The van der Waals surface area contributed by atoms with Crippen LogP contribution in [0.2, 0.25) is 0 Å². The van der Waals surface area contributed by atoms with Crippen LogP contribution in [0, 0.1) is 0 Å². The maximum Gasteiger partial charge on any atom is 0.313 e. The second kappa shape index (κ2) is 7.38. The zero-order valence-electron chi connectivity index (χ0n) is 14.9. The van der Waals surface area contributed by atoms with Crippen LogP contribution in [-0.4, -0.2) is 42.3 Å². The molecule has 0 spiro atoms. The third-order valence-electron chi connectivity index (χ3n) is 4.92. The van der Waals surface area contributed by atoms with Gasteiger partial charge >= 0.3 is 5.97 Å². The molecular formula is C21H25NO3. The lowest BCUT2D eigenvalue weighted by Gasteiger charge is -2.26. The molecule has 0 unspecified atom stereocenters. The highest BCUT2D eigenvalue weighted by Gasteiger charge is 2.29. The first kappa shape index (κ1) is 17.6. The van der Waals surface area contributed by atoms with Gasteiger partial charge in [-0.1, -0.05) is 48.5 Å². The molecule has 0 saturated carbocycles. The smallest absolute Gasteiger partial charge is 0.313 e. The molecule has 132 valence electrons. The zero-order valence-corrected chi connectivity index (χ0v) is 14.9. The molecule has 1 heterocycles. The highest BCUT2D eigenvalue weighted by Crippen LogP contribution is 2.28. The molecule has 3 rings (SSSR count). The van der Waals surface area contributed by atoms with Crippen molar-refractivity contribution in [3.63, 3.8) is 0 Å². The van der Waals surface area contributed by atoms with Gasteiger partial charge in [0.1, 0.15) is 0 Å². The van der Waals surface area contributed by atoms with Gasteiger partial charge in [0, 0.05) is 19.6 Å². The van der Waals surface area contributed by atoms with E-state index in [0.717, 1.165) is 49.5 Å². The quantitative estimate of drug-likeness (QED) is 0.905. The van der Waals surface area contributed by atoms with Crippen molar-refractivity contribution in [3.8, 4) is 11.1 Å². The molecule has 4 heteroatoms. The molecule has 1 aliphatic heterocycles. The van der Waals surface area contributed by atoms with E-state index in [4.69, 9.17) is 4.74 Å². The molecule has 0 aromatic heterocycles. The fraction of sp³-hybridized carbons (Fsp3) is 0.381. The lowest BCUT2D eigenvalue weighted by molar-refractivity contribution is -0.142. The standard InChI is InChI=1S/C21H25NO3/c1-21(2,20(23)24)19-5-3-4-18(14-19)17-8-6-16(7-9-17)15-22-10-12-25-13-11-22/h3-9,14H,10-13,15H2,1-2H3,(H,23,24). The fourth-order valence-corrected chi connectivity index (χ4v) is 3.03. The Balaban J connectivity index is 1.77. The number of carbonyl (C=O) groups is 1. The molecule has 4 nitrogen and oxygen atoms in total. The number of hydrogen-bond donors (Lipinski definition) is 1. The van der Waals surface area contributed by atoms with E-state index < -0.39 is 11.4 Å². The Morgan fingerprint density at radius 1 is 1.08 bits per heavy atom. The minimum atomic E-state index is -0.897. The van der Waals surface area contributed by atoms with Gasteiger partial charge < -0.3 is 9.84 Å². The summed E-state index contributed by atoms with van der Waals surface area (Å²) >= 11 is 0. The third kappa shape index (κ3) is 4.09. The van der Waals surface area contributed by atoms with Gasteiger partial charge in [-0.15, -0.1) is 0 Å². The Morgan fingerprint density at radius 3 is 2.40 bits per heavy atom. The molecule has 2 aromatic carbocycles. The molecule has 1 aliphatic rings. The average molecular weight is 339 g/mol. The van der Waals surface area contributed by atoms with Crippen LogP contribution in [0.25, 0.3) is 11.1 Å². The molecule has 0 aliphatic carbocycles.